The van der Waals surface area contributed by atoms with Gasteiger partial charge >= 0.3 is 0 Å². The van der Waals surface area contributed by atoms with Crippen molar-refractivity contribution in [3.05, 3.63) is 52.4 Å². The zero-order valence-corrected chi connectivity index (χ0v) is 17.5. The molecule has 7 nitrogen and oxygen atoms in total. The van der Waals surface area contributed by atoms with Crippen molar-refractivity contribution in [1.82, 2.24) is 4.57 Å². The number of fused-ring (bicyclic) bond motifs is 1. The molecule has 0 saturated heterocycles. The summed E-state index contributed by atoms with van der Waals surface area (Å²) in [5.74, 6) is 0.331. The number of aryl methyl sites for hydroxylation is 1. The predicted molar refractivity (Wildman–Crippen MR) is 113 cm³/mol. The van der Waals surface area contributed by atoms with Gasteiger partial charge in [0.05, 0.1) is 11.1 Å². The normalized spacial score (nSPS) is 15.5. The van der Waals surface area contributed by atoms with E-state index in [1.165, 1.54) is 10.6 Å². The van der Waals surface area contributed by atoms with Crippen LogP contribution in [0.1, 0.15) is 38.1 Å². The number of hydrogen-bond acceptors (Lipinski definition) is 4. The molecular weight excluding hydrogens is 370 g/mol. The van der Waals surface area contributed by atoms with Gasteiger partial charge in [0.2, 0.25) is 5.91 Å². The number of amides is 2. The lowest BCUT2D eigenvalue weighted by Crippen LogP contribution is -2.43. The molecule has 0 aliphatic carbocycles. The van der Waals surface area contributed by atoms with Gasteiger partial charge in [-0.2, -0.15) is 0 Å². The number of aromatic nitrogens is 1. The monoisotopic (exact) mass is 397 g/mol. The van der Waals surface area contributed by atoms with Crippen molar-refractivity contribution in [3.8, 4) is 5.75 Å². The van der Waals surface area contributed by atoms with Gasteiger partial charge in [-0.05, 0) is 50.1 Å². The number of nitrogens with one attached hydrogen (secondary N) is 1. The highest BCUT2D eigenvalue weighted by Gasteiger charge is 2.38. The minimum atomic E-state index is -0.659. The summed E-state index contributed by atoms with van der Waals surface area (Å²) in [5, 5.41) is 2.76. The van der Waals surface area contributed by atoms with E-state index in [0.29, 0.717) is 23.7 Å². The molecule has 2 heterocycles. The van der Waals surface area contributed by atoms with E-state index in [1.807, 2.05) is 27.7 Å². The number of pyridine rings is 1. The maximum Gasteiger partial charge on any atom is 0.263 e. The topological polar surface area (TPSA) is 80.6 Å². The Bertz CT molecular complexity index is 1010. The summed E-state index contributed by atoms with van der Waals surface area (Å²) in [6, 6.07) is 8.31. The van der Waals surface area contributed by atoms with Crippen LogP contribution < -0.4 is 20.5 Å². The van der Waals surface area contributed by atoms with E-state index in [0.717, 1.165) is 0 Å². The average Bonchev–Trinajstić information content (AvgIpc) is 2.74. The highest BCUT2D eigenvalue weighted by atomic mass is 16.5. The molecule has 2 amide bonds. The van der Waals surface area contributed by atoms with Crippen LogP contribution in [0.15, 0.2) is 41.3 Å². The molecule has 3 rings (SSSR count). The molecule has 1 aliphatic heterocycles. The Hall–Kier alpha value is -3.09. The Morgan fingerprint density at radius 1 is 1.24 bits per heavy atom. The van der Waals surface area contributed by atoms with E-state index < -0.39 is 11.3 Å². The standard InChI is InChI=1S/C22H27N3O4/c1-14(2)12-25-17-11-15(8-9-18(17)29-13-22(3,4)21(25)28)23-19(26)16-7-6-10-24(5)20(16)27/h6-11,14H,12-13H2,1-5H3,(H,23,26). The number of ether oxygens (including phenoxy) is 1. The second-order valence-electron chi connectivity index (χ2n) is 8.46. The van der Waals surface area contributed by atoms with E-state index >= 15 is 0 Å². The van der Waals surface area contributed by atoms with Gasteiger partial charge in [0.25, 0.3) is 11.5 Å². The zero-order valence-electron chi connectivity index (χ0n) is 17.5. The molecule has 154 valence electrons. The molecular formula is C22H27N3O4. The average molecular weight is 397 g/mol. The fourth-order valence-corrected chi connectivity index (χ4v) is 3.24. The molecule has 7 heteroatoms. The first-order chi connectivity index (χ1) is 13.6. The zero-order chi connectivity index (χ0) is 21.3. The quantitative estimate of drug-likeness (QED) is 0.860. The first-order valence-electron chi connectivity index (χ1n) is 9.66. The number of hydrogen-bond donors (Lipinski definition) is 1. The van der Waals surface area contributed by atoms with Crippen LogP contribution in [-0.4, -0.2) is 29.5 Å². The van der Waals surface area contributed by atoms with Gasteiger partial charge in [-0.3, -0.25) is 14.4 Å². The van der Waals surface area contributed by atoms with Gasteiger partial charge in [-0.15, -0.1) is 0 Å². The maximum atomic E-state index is 13.1. The summed E-state index contributed by atoms with van der Waals surface area (Å²) in [7, 11) is 1.59. The van der Waals surface area contributed by atoms with Crippen molar-refractivity contribution in [2.45, 2.75) is 27.7 Å². The number of rotatable bonds is 4. The van der Waals surface area contributed by atoms with Crippen LogP contribution in [0.2, 0.25) is 0 Å². The van der Waals surface area contributed by atoms with Crippen molar-refractivity contribution in [2.24, 2.45) is 18.4 Å². The van der Waals surface area contributed by atoms with Gasteiger partial charge in [0, 0.05) is 25.5 Å². The first kappa shape index (κ1) is 20.6. The summed E-state index contributed by atoms with van der Waals surface area (Å²) in [5.41, 5.74) is 0.129. The van der Waals surface area contributed by atoms with E-state index in [1.54, 1.807) is 42.4 Å². The molecule has 2 aromatic rings. The molecule has 1 aromatic heterocycles. The summed E-state index contributed by atoms with van der Waals surface area (Å²) in [4.78, 5) is 39.7. The molecule has 29 heavy (non-hydrogen) atoms. The molecule has 1 N–H and O–H groups in total. The molecule has 0 atom stereocenters. The molecule has 0 bridgehead atoms. The maximum absolute atomic E-state index is 13.1. The molecule has 0 radical (unpaired) electrons. The van der Waals surface area contributed by atoms with Crippen molar-refractivity contribution in [2.75, 3.05) is 23.4 Å². The Kier molecular flexibility index (Phi) is 5.50. The second kappa shape index (κ2) is 7.73. The fourth-order valence-electron chi connectivity index (χ4n) is 3.24. The van der Waals surface area contributed by atoms with Crippen molar-refractivity contribution in [3.63, 3.8) is 0 Å². The highest BCUT2D eigenvalue weighted by Crippen LogP contribution is 2.38. The lowest BCUT2D eigenvalue weighted by atomic mass is 9.92. The molecule has 0 saturated carbocycles. The lowest BCUT2D eigenvalue weighted by Gasteiger charge is -2.29. The minimum Gasteiger partial charge on any atom is -0.490 e. The molecule has 0 spiro atoms. The third-order valence-corrected chi connectivity index (χ3v) is 4.84. The number of anilines is 2. The van der Waals surface area contributed by atoms with Gasteiger partial charge in [0.1, 0.15) is 17.9 Å². The summed E-state index contributed by atoms with van der Waals surface area (Å²) in [6.07, 6.45) is 1.59. The molecule has 1 aromatic carbocycles. The summed E-state index contributed by atoms with van der Waals surface area (Å²) in [6.45, 7) is 8.63. The van der Waals surface area contributed by atoms with Crippen LogP contribution in [0, 0.1) is 11.3 Å². The van der Waals surface area contributed by atoms with Crippen LogP contribution in [-0.2, 0) is 11.8 Å². The van der Waals surface area contributed by atoms with E-state index in [-0.39, 0.29) is 29.6 Å². The smallest absolute Gasteiger partial charge is 0.263 e. The van der Waals surface area contributed by atoms with Crippen LogP contribution in [0.25, 0.3) is 0 Å². The van der Waals surface area contributed by atoms with E-state index in [2.05, 4.69) is 5.32 Å². The van der Waals surface area contributed by atoms with Crippen molar-refractivity contribution < 1.29 is 14.3 Å². The molecule has 0 unspecified atom stereocenters. The van der Waals surface area contributed by atoms with Crippen LogP contribution in [0.3, 0.4) is 0 Å². The van der Waals surface area contributed by atoms with Gasteiger partial charge in [-0.25, -0.2) is 0 Å². The Morgan fingerprint density at radius 3 is 2.66 bits per heavy atom. The number of carbonyl (C=O) groups excluding carboxylic acids is 2. The highest BCUT2D eigenvalue weighted by molar-refractivity contribution is 6.05. The van der Waals surface area contributed by atoms with Crippen LogP contribution in [0.4, 0.5) is 11.4 Å². The number of benzene rings is 1. The number of carbonyl (C=O) groups is 2. The fraction of sp³-hybridized carbons (Fsp3) is 0.409. The minimum absolute atomic E-state index is 0.0228. The Balaban J connectivity index is 1.97. The van der Waals surface area contributed by atoms with E-state index in [9.17, 15) is 14.4 Å². The third kappa shape index (κ3) is 4.18. The van der Waals surface area contributed by atoms with Crippen LogP contribution >= 0.6 is 0 Å². The second-order valence-corrected chi connectivity index (χ2v) is 8.46. The van der Waals surface area contributed by atoms with Crippen LogP contribution in [0.5, 0.6) is 5.75 Å². The van der Waals surface area contributed by atoms with Crippen molar-refractivity contribution >= 4 is 23.2 Å². The molecule has 1 aliphatic rings. The third-order valence-electron chi connectivity index (χ3n) is 4.84. The lowest BCUT2D eigenvalue weighted by molar-refractivity contribution is -0.127. The Labute approximate surface area is 170 Å². The van der Waals surface area contributed by atoms with Gasteiger partial charge < -0.3 is 19.5 Å². The SMILES string of the molecule is CC(C)CN1C(=O)C(C)(C)COc2ccc(NC(=O)c3cccn(C)c3=O)cc21. The number of nitrogens with zero attached hydrogens (tertiary/aromatic N) is 2. The van der Waals surface area contributed by atoms with Gasteiger partial charge in [0.15, 0.2) is 0 Å². The van der Waals surface area contributed by atoms with E-state index in [4.69, 9.17) is 4.74 Å². The summed E-state index contributed by atoms with van der Waals surface area (Å²) < 4.78 is 7.25. The molecule has 0 fully saturated rings. The predicted octanol–water partition coefficient (Wildman–Crippen LogP) is 3.05. The Morgan fingerprint density at radius 2 is 1.97 bits per heavy atom. The van der Waals surface area contributed by atoms with Gasteiger partial charge in [-0.1, -0.05) is 13.8 Å². The summed E-state index contributed by atoms with van der Waals surface area (Å²) >= 11 is 0. The first-order valence-corrected chi connectivity index (χ1v) is 9.66. The largest absolute Gasteiger partial charge is 0.490 e. The van der Waals surface area contributed by atoms with Crippen molar-refractivity contribution in [1.29, 1.82) is 0 Å².